The van der Waals surface area contributed by atoms with Gasteiger partial charge in [-0.1, -0.05) is 0 Å². The van der Waals surface area contributed by atoms with E-state index < -0.39 is 11.6 Å². The summed E-state index contributed by atoms with van der Waals surface area (Å²) in [4.78, 5) is 14.2. The van der Waals surface area contributed by atoms with Crippen LogP contribution in [0.15, 0.2) is 18.2 Å². The monoisotopic (exact) mass is 319 g/mol. The number of likely N-dealkylation sites (tertiary alicyclic amines) is 1. The Kier molecular flexibility index (Phi) is 4.15. The largest absolute Gasteiger partial charge is 0.342 e. The molecule has 0 spiro atoms. The lowest BCUT2D eigenvalue weighted by molar-refractivity contribution is -0.129. The molecule has 0 unspecified atom stereocenters. The first kappa shape index (κ1) is 15.6. The molecule has 122 valence electrons. The normalized spacial score (nSPS) is 14.5. The molecule has 6 heteroatoms. The highest BCUT2D eigenvalue weighted by atomic mass is 19.1. The summed E-state index contributed by atoms with van der Waals surface area (Å²) in [6, 6.07) is 3.39. The Hall–Kier alpha value is -2.24. The minimum absolute atomic E-state index is 0.0767. The van der Waals surface area contributed by atoms with Gasteiger partial charge in [0.15, 0.2) is 5.82 Å². The lowest BCUT2D eigenvalue weighted by Gasteiger charge is -2.15. The van der Waals surface area contributed by atoms with Crippen LogP contribution >= 0.6 is 0 Å². The second-order valence-corrected chi connectivity index (χ2v) is 5.92. The van der Waals surface area contributed by atoms with Gasteiger partial charge in [-0.05, 0) is 38.8 Å². The zero-order chi connectivity index (χ0) is 16.6. The molecule has 0 saturated carbocycles. The van der Waals surface area contributed by atoms with E-state index in [1.807, 2.05) is 4.90 Å². The van der Waals surface area contributed by atoms with Crippen LogP contribution in [0.3, 0.4) is 0 Å². The van der Waals surface area contributed by atoms with Gasteiger partial charge in [0, 0.05) is 30.4 Å². The van der Waals surface area contributed by atoms with Gasteiger partial charge in [0.1, 0.15) is 11.5 Å². The van der Waals surface area contributed by atoms with E-state index in [-0.39, 0.29) is 18.0 Å². The second kappa shape index (κ2) is 6.10. The summed E-state index contributed by atoms with van der Waals surface area (Å²) in [5.74, 6) is -1.22. The minimum atomic E-state index is -0.673. The van der Waals surface area contributed by atoms with Crippen molar-refractivity contribution in [2.24, 2.45) is 0 Å². The highest BCUT2D eigenvalue weighted by Crippen LogP contribution is 2.22. The summed E-state index contributed by atoms with van der Waals surface area (Å²) in [6.07, 6.45) is 2.36. The van der Waals surface area contributed by atoms with Gasteiger partial charge in [-0.25, -0.2) is 13.5 Å². The van der Waals surface area contributed by atoms with Crippen LogP contribution in [0.25, 0.3) is 5.69 Å². The van der Waals surface area contributed by atoms with E-state index in [1.165, 1.54) is 16.8 Å². The first-order valence-corrected chi connectivity index (χ1v) is 7.75. The predicted octanol–water partition coefficient (Wildman–Crippen LogP) is 2.93. The number of carbonyl (C=O) groups is 1. The number of aryl methyl sites for hydroxylation is 1. The third kappa shape index (κ3) is 2.98. The van der Waals surface area contributed by atoms with Crippen LogP contribution in [0, 0.1) is 25.5 Å². The first-order valence-electron chi connectivity index (χ1n) is 7.75. The third-order valence-electron chi connectivity index (χ3n) is 4.37. The Morgan fingerprint density at radius 2 is 1.91 bits per heavy atom. The van der Waals surface area contributed by atoms with E-state index in [1.54, 1.807) is 13.8 Å². The van der Waals surface area contributed by atoms with Crippen molar-refractivity contribution in [3.05, 3.63) is 46.8 Å². The van der Waals surface area contributed by atoms with Crippen molar-refractivity contribution in [2.45, 2.75) is 33.1 Å². The first-order chi connectivity index (χ1) is 11.0. The molecule has 1 aromatic carbocycles. The zero-order valence-corrected chi connectivity index (χ0v) is 13.3. The topological polar surface area (TPSA) is 38.1 Å². The summed E-state index contributed by atoms with van der Waals surface area (Å²) >= 11 is 0. The minimum Gasteiger partial charge on any atom is -0.342 e. The Morgan fingerprint density at radius 3 is 2.57 bits per heavy atom. The Balaban J connectivity index is 1.91. The highest BCUT2D eigenvalue weighted by Gasteiger charge is 2.22. The molecule has 3 rings (SSSR count). The molecule has 2 aromatic rings. The number of hydrogen-bond donors (Lipinski definition) is 0. The Bertz CT molecular complexity index is 749. The van der Waals surface area contributed by atoms with Gasteiger partial charge in [0.25, 0.3) is 0 Å². The van der Waals surface area contributed by atoms with Crippen LogP contribution in [0.2, 0.25) is 0 Å². The van der Waals surface area contributed by atoms with Gasteiger partial charge in [-0.3, -0.25) is 4.79 Å². The van der Waals surface area contributed by atoms with Crippen LogP contribution in [-0.4, -0.2) is 33.7 Å². The van der Waals surface area contributed by atoms with Gasteiger partial charge in [0.2, 0.25) is 5.91 Å². The van der Waals surface area contributed by atoms with Gasteiger partial charge in [-0.2, -0.15) is 5.10 Å². The Labute approximate surface area is 133 Å². The molecule has 0 aliphatic carbocycles. The molecule has 4 nitrogen and oxygen atoms in total. The summed E-state index contributed by atoms with van der Waals surface area (Å²) in [5.41, 5.74) is 2.40. The zero-order valence-electron chi connectivity index (χ0n) is 13.3. The van der Waals surface area contributed by atoms with Crippen molar-refractivity contribution >= 4 is 5.91 Å². The summed E-state index contributed by atoms with van der Waals surface area (Å²) in [7, 11) is 0. The number of nitrogens with zero attached hydrogens (tertiary/aromatic N) is 3. The van der Waals surface area contributed by atoms with Crippen molar-refractivity contribution in [3.63, 3.8) is 0 Å². The predicted molar refractivity (Wildman–Crippen MR) is 82.5 cm³/mol. The smallest absolute Gasteiger partial charge is 0.227 e. The van der Waals surface area contributed by atoms with Crippen LogP contribution in [-0.2, 0) is 11.2 Å². The molecule has 0 radical (unpaired) electrons. The Morgan fingerprint density at radius 1 is 1.22 bits per heavy atom. The molecule has 23 heavy (non-hydrogen) atoms. The van der Waals surface area contributed by atoms with Crippen LogP contribution < -0.4 is 0 Å². The number of benzene rings is 1. The number of amides is 1. The molecule has 1 amide bonds. The number of aromatic nitrogens is 2. The maximum absolute atomic E-state index is 14.0. The van der Waals surface area contributed by atoms with E-state index >= 15 is 0 Å². The average molecular weight is 319 g/mol. The number of hydrogen-bond acceptors (Lipinski definition) is 2. The molecule has 2 heterocycles. The fourth-order valence-electron chi connectivity index (χ4n) is 3.05. The standard InChI is InChI=1S/C17H19F2N3O/c1-11-14(10-17(23)21-7-3-4-8-21)12(2)22(20-11)16-6-5-13(18)9-15(16)19/h5-6,9H,3-4,7-8,10H2,1-2H3. The molecule has 1 aliphatic rings. The molecule has 1 aromatic heterocycles. The van der Waals surface area contributed by atoms with Gasteiger partial charge in [0.05, 0.1) is 12.1 Å². The molecule has 1 saturated heterocycles. The van der Waals surface area contributed by atoms with E-state index in [4.69, 9.17) is 0 Å². The fraction of sp³-hybridized carbons (Fsp3) is 0.412. The molecular weight excluding hydrogens is 300 g/mol. The van der Waals surface area contributed by atoms with Crippen molar-refractivity contribution in [1.29, 1.82) is 0 Å². The van der Waals surface area contributed by atoms with E-state index in [0.29, 0.717) is 11.4 Å². The van der Waals surface area contributed by atoms with Crippen molar-refractivity contribution in [1.82, 2.24) is 14.7 Å². The number of halogens is 2. The fourth-order valence-corrected chi connectivity index (χ4v) is 3.05. The SMILES string of the molecule is Cc1nn(-c2ccc(F)cc2F)c(C)c1CC(=O)N1CCCC1. The second-order valence-electron chi connectivity index (χ2n) is 5.92. The van der Waals surface area contributed by atoms with Crippen LogP contribution in [0.5, 0.6) is 0 Å². The van der Waals surface area contributed by atoms with Gasteiger partial charge < -0.3 is 4.90 Å². The molecular formula is C17H19F2N3O. The van der Waals surface area contributed by atoms with Crippen molar-refractivity contribution in [3.8, 4) is 5.69 Å². The molecule has 0 atom stereocenters. The highest BCUT2D eigenvalue weighted by molar-refractivity contribution is 5.79. The maximum atomic E-state index is 14.0. The van der Waals surface area contributed by atoms with Crippen LogP contribution in [0.4, 0.5) is 8.78 Å². The molecule has 0 bridgehead atoms. The van der Waals surface area contributed by atoms with Crippen molar-refractivity contribution in [2.75, 3.05) is 13.1 Å². The van der Waals surface area contributed by atoms with E-state index in [9.17, 15) is 13.6 Å². The lowest BCUT2D eigenvalue weighted by Crippen LogP contribution is -2.29. The van der Waals surface area contributed by atoms with E-state index in [0.717, 1.165) is 37.6 Å². The summed E-state index contributed by atoms with van der Waals surface area (Å²) in [5, 5.41) is 4.33. The quantitative estimate of drug-likeness (QED) is 0.872. The molecule has 1 fully saturated rings. The average Bonchev–Trinajstić information content (AvgIpc) is 3.11. The summed E-state index contributed by atoms with van der Waals surface area (Å²) < 4.78 is 28.5. The van der Waals surface area contributed by atoms with Gasteiger partial charge in [-0.15, -0.1) is 0 Å². The third-order valence-corrected chi connectivity index (χ3v) is 4.37. The molecule has 0 N–H and O–H groups in total. The molecule has 1 aliphatic heterocycles. The summed E-state index contributed by atoms with van der Waals surface area (Å²) in [6.45, 7) is 5.21. The van der Waals surface area contributed by atoms with E-state index in [2.05, 4.69) is 5.10 Å². The van der Waals surface area contributed by atoms with Crippen molar-refractivity contribution < 1.29 is 13.6 Å². The van der Waals surface area contributed by atoms with Crippen LogP contribution in [0.1, 0.15) is 29.8 Å². The maximum Gasteiger partial charge on any atom is 0.227 e. The lowest BCUT2D eigenvalue weighted by atomic mass is 10.1. The number of rotatable bonds is 3. The van der Waals surface area contributed by atoms with Gasteiger partial charge >= 0.3 is 0 Å². The number of carbonyl (C=O) groups excluding carboxylic acids is 1.